The van der Waals surface area contributed by atoms with E-state index < -0.39 is 0 Å². The van der Waals surface area contributed by atoms with Gasteiger partial charge in [-0.1, -0.05) is 6.07 Å². The number of ether oxygens (including phenoxy) is 2. The first-order valence-electron chi connectivity index (χ1n) is 3.32. The summed E-state index contributed by atoms with van der Waals surface area (Å²) < 4.78 is 10.0. The summed E-state index contributed by atoms with van der Waals surface area (Å²) in [6.45, 7) is 3.79. The first-order valence-corrected chi connectivity index (χ1v) is 3.32. The maximum Gasteiger partial charge on any atom is 1.00 e. The Labute approximate surface area is 85.1 Å². The van der Waals surface area contributed by atoms with Crippen LogP contribution in [-0.2, 0) is 0 Å². The number of benzene rings is 1. The van der Waals surface area contributed by atoms with E-state index in [2.05, 4.69) is 6.92 Å². The van der Waals surface area contributed by atoms with Gasteiger partial charge in [-0.15, -0.1) is 6.07 Å². The molecule has 0 atom stereocenters. The monoisotopic (exact) mass is 158 g/mol. The van der Waals surface area contributed by atoms with E-state index in [1.807, 2.05) is 18.2 Å². The molecule has 0 fully saturated rings. The van der Waals surface area contributed by atoms with Crippen molar-refractivity contribution in [1.29, 1.82) is 0 Å². The number of rotatable bonds is 2. The van der Waals surface area contributed by atoms with Crippen LogP contribution in [0, 0.1) is 6.92 Å². The Hall–Kier alpha value is -0.713. The van der Waals surface area contributed by atoms with Crippen molar-refractivity contribution in [2.75, 3.05) is 14.2 Å². The van der Waals surface area contributed by atoms with E-state index in [9.17, 15) is 0 Å². The SMILES string of the molecule is [CH2-]c1cc(OC)ccc1OC.[Li+]. The van der Waals surface area contributed by atoms with E-state index in [0.29, 0.717) is 0 Å². The molecule has 0 aliphatic heterocycles. The van der Waals surface area contributed by atoms with Crippen molar-refractivity contribution >= 4 is 0 Å². The molecule has 0 saturated heterocycles. The fourth-order valence-corrected chi connectivity index (χ4v) is 0.882. The van der Waals surface area contributed by atoms with Crippen LogP contribution in [0.25, 0.3) is 0 Å². The minimum atomic E-state index is 0. The largest absolute Gasteiger partial charge is 1.00 e. The van der Waals surface area contributed by atoms with E-state index >= 15 is 0 Å². The molecule has 0 spiro atoms. The van der Waals surface area contributed by atoms with Crippen molar-refractivity contribution < 1.29 is 28.3 Å². The maximum atomic E-state index is 5.03. The van der Waals surface area contributed by atoms with Crippen LogP contribution in [0.4, 0.5) is 0 Å². The third kappa shape index (κ3) is 2.40. The summed E-state index contributed by atoms with van der Waals surface area (Å²) in [6, 6.07) is 5.51. The van der Waals surface area contributed by atoms with Crippen molar-refractivity contribution in [1.82, 2.24) is 0 Å². The van der Waals surface area contributed by atoms with Gasteiger partial charge >= 0.3 is 18.9 Å². The Morgan fingerprint density at radius 2 is 1.83 bits per heavy atom. The number of hydrogen-bond donors (Lipinski definition) is 0. The third-order valence-electron chi connectivity index (χ3n) is 1.49. The van der Waals surface area contributed by atoms with Gasteiger partial charge in [0.25, 0.3) is 0 Å². The van der Waals surface area contributed by atoms with E-state index in [1.54, 1.807) is 14.2 Å². The molecule has 1 rings (SSSR count). The summed E-state index contributed by atoms with van der Waals surface area (Å²) >= 11 is 0. The molecule has 60 valence electrons. The van der Waals surface area contributed by atoms with Gasteiger partial charge in [-0.3, -0.25) is 0 Å². The molecular weight excluding hydrogens is 147 g/mol. The Bertz CT molecular complexity index is 248. The summed E-state index contributed by atoms with van der Waals surface area (Å²) in [5.74, 6) is 1.58. The zero-order valence-electron chi connectivity index (χ0n) is 7.76. The first kappa shape index (κ1) is 11.3. The molecule has 0 aliphatic rings. The summed E-state index contributed by atoms with van der Waals surface area (Å²) in [5, 5.41) is 0. The molecule has 0 aromatic heterocycles. The molecule has 0 radical (unpaired) electrons. The second kappa shape index (κ2) is 5.03. The Morgan fingerprint density at radius 3 is 2.25 bits per heavy atom. The topological polar surface area (TPSA) is 18.5 Å². The smallest absolute Gasteiger partial charge is 0.554 e. The molecule has 0 N–H and O–H groups in total. The van der Waals surface area contributed by atoms with E-state index in [1.165, 1.54) is 0 Å². The summed E-state index contributed by atoms with van der Waals surface area (Å²) in [5.41, 5.74) is 0.840. The second-order valence-electron chi connectivity index (χ2n) is 2.18. The normalized spacial score (nSPS) is 8.50. The average molecular weight is 158 g/mol. The van der Waals surface area contributed by atoms with Gasteiger partial charge in [-0.05, 0) is 6.07 Å². The Morgan fingerprint density at radius 1 is 1.17 bits per heavy atom. The van der Waals surface area contributed by atoms with Gasteiger partial charge in [0, 0.05) is 5.75 Å². The molecule has 12 heavy (non-hydrogen) atoms. The third-order valence-corrected chi connectivity index (χ3v) is 1.49. The van der Waals surface area contributed by atoms with Crippen molar-refractivity contribution in [3.05, 3.63) is 30.7 Å². The van der Waals surface area contributed by atoms with Gasteiger partial charge in [-0.2, -0.15) is 12.5 Å². The summed E-state index contributed by atoms with van der Waals surface area (Å²) in [4.78, 5) is 0. The summed E-state index contributed by atoms with van der Waals surface area (Å²) in [7, 11) is 3.25. The van der Waals surface area contributed by atoms with Crippen LogP contribution < -0.4 is 28.3 Å². The van der Waals surface area contributed by atoms with Gasteiger partial charge < -0.3 is 9.47 Å². The molecule has 0 heterocycles. The molecule has 2 nitrogen and oxygen atoms in total. The van der Waals surface area contributed by atoms with Crippen LogP contribution in [-0.4, -0.2) is 14.2 Å². The minimum absolute atomic E-state index is 0. The van der Waals surface area contributed by atoms with E-state index in [-0.39, 0.29) is 18.9 Å². The van der Waals surface area contributed by atoms with Gasteiger partial charge in [-0.25, -0.2) is 0 Å². The van der Waals surface area contributed by atoms with Crippen LogP contribution in [0.5, 0.6) is 11.5 Å². The van der Waals surface area contributed by atoms with Crippen molar-refractivity contribution in [3.63, 3.8) is 0 Å². The Kier molecular flexibility index (Phi) is 4.73. The van der Waals surface area contributed by atoms with E-state index in [0.717, 1.165) is 17.1 Å². The molecule has 0 aliphatic carbocycles. The van der Waals surface area contributed by atoms with Gasteiger partial charge in [0.1, 0.15) is 0 Å². The zero-order chi connectivity index (χ0) is 8.27. The fraction of sp³-hybridized carbons (Fsp3) is 0.222. The Balaban J connectivity index is 0.00000121. The fourth-order valence-electron chi connectivity index (χ4n) is 0.882. The van der Waals surface area contributed by atoms with Crippen molar-refractivity contribution in [2.24, 2.45) is 0 Å². The number of hydrogen-bond acceptors (Lipinski definition) is 2. The van der Waals surface area contributed by atoms with Crippen LogP contribution in [0.15, 0.2) is 18.2 Å². The molecule has 1 aromatic rings. The quantitative estimate of drug-likeness (QED) is 0.401. The maximum absolute atomic E-state index is 5.03. The van der Waals surface area contributed by atoms with Crippen LogP contribution in [0.1, 0.15) is 5.56 Å². The summed E-state index contributed by atoms with van der Waals surface area (Å²) in [6.07, 6.45) is 0. The minimum Gasteiger partial charge on any atom is -0.554 e. The average Bonchev–Trinajstić information content (AvgIpc) is 2.04. The molecule has 0 unspecified atom stereocenters. The molecular formula is C9H11LiO2. The standard InChI is InChI=1S/C9H11O2.Li/c1-7-6-8(10-2)4-5-9(7)11-3;/h4-6H,1H2,2-3H3;/q-1;+1. The molecule has 0 saturated carbocycles. The number of methoxy groups -OCH3 is 2. The van der Waals surface area contributed by atoms with Gasteiger partial charge in [0.2, 0.25) is 0 Å². The first-order chi connectivity index (χ1) is 5.27. The second-order valence-corrected chi connectivity index (χ2v) is 2.18. The molecule has 0 bridgehead atoms. The van der Waals surface area contributed by atoms with Crippen molar-refractivity contribution in [2.45, 2.75) is 0 Å². The van der Waals surface area contributed by atoms with E-state index in [4.69, 9.17) is 9.47 Å². The van der Waals surface area contributed by atoms with Crippen LogP contribution >= 0.6 is 0 Å². The molecule has 1 aromatic carbocycles. The van der Waals surface area contributed by atoms with Crippen molar-refractivity contribution in [3.8, 4) is 11.5 Å². The predicted octanol–water partition coefficient (Wildman–Crippen LogP) is -1.11. The molecule has 0 amide bonds. The predicted molar refractivity (Wildman–Crippen MR) is 44.0 cm³/mol. The zero-order valence-corrected chi connectivity index (χ0v) is 7.76. The van der Waals surface area contributed by atoms with Crippen LogP contribution in [0.3, 0.4) is 0 Å². The van der Waals surface area contributed by atoms with Gasteiger partial charge in [0.15, 0.2) is 0 Å². The molecule has 3 heteroatoms. The van der Waals surface area contributed by atoms with Crippen LogP contribution in [0.2, 0.25) is 0 Å². The van der Waals surface area contributed by atoms with Gasteiger partial charge in [0.05, 0.1) is 20.0 Å².